The second-order valence-corrected chi connectivity index (χ2v) is 8.58. The van der Waals surface area contributed by atoms with Gasteiger partial charge >= 0.3 is 5.97 Å². The molecule has 140 valence electrons. The highest BCUT2D eigenvalue weighted by Crippen LogP contribution is 2.48. The summed E-state index contributed by atoms with van der Waals surface area (Å²) in [5.74, 6) is -2.46. The number of sulfone groups is 1. The fourth-order valence-electron chi connectivity index (χ4n) is 3.60. The minimum atomic E-state index is -3.65. The summed E-state index contributed by atoms with van der Waals surface area (Å²) in [5, 5.41) is 9.49. The van der Waals surface area contributed by atoms with E-state index in [0.29, 0.717) is 33.4 Å². The molecule has 2 aromatic carbocycles. The zero-order valence-electron chi connectivity index (χ0n) is 15.2. The Morgan fingerprint density at radius 2 is 1.70 bits per heavy atom. The molecule has 0 saturated heterocycles. The molecule has 27 heavy (non-hydrogen) atoms. The van der Waals surface area contributed by atoms with Gasteiger partial charge in [-0.2, -0.15) is 0 Å². The van der Waals surface area contributed by atoms with Gasteiger partial charge in [0.25, 0.3) is 0 Å². The Morgan fingerprint density at radius 1 is 1.07 bits per heavy atom. The molecule has 0 aliphatic heterocycles. The van der Waals surface area contributed by atoms with E-state index in [9.17, 15) is 22.7 Å². The van der Waals surface area contributed by atoms with E-state index in [4.69, 9.17) is 0 Å². The van der Waals surface area contributed by atoms with Crippen LogP contribution in [0.1, 0.15) is 30.5 Å². The highest BCUT2D eigenvalue weighted by molar-refractivity contribution is 8.00. The largest absolute Gasteiger partial charge is 0.481 e. The molecule has 0 radical (unpaired) electrons. The summed E-state index contributed by atoms with van der Waals surface area (Å²) in [7, 11) is -3.65. The lowest BCUT2D eigenvalue weighted by atomic mass is 9.94. The SMILES string of the molecule is CC1=C(C(C)C(=O)O)c2cc(F)ccc2C1=C(c1ccccc1)S(C)(=O)=O. The van der Waals surface area contributed by atoms with Gasteiger partial charge in [-0.1, -0.05) is 36.4 Å². The molecule has 1 N–H and O–H groups in total. The first-order valence-corrected chi connectivity index (χ1v) is 10.3. The third-order valence-corrected chi connectivity index (χ3v) is 5.94. The van der Waals surface area contributed by atoms with Gasteiger partial charge in [-0.3, -0.25) is 4.79 Å². The number of halogens is 1. The van der Waals surface area contributed by atoms with Gasteiger partial charge in [0.1, 0.15) is 5.82 Å². The van der Waals surface area contributed by atoms with E-state index >= 15 is 0 Å². The summed E-state index contributed by atoms with van der Waals surface area (Å²) in [6.45, 7) is 3.21. The molecule has 4 nitrogen and oxygen atoms in total. The molecule has 0 fully saturated rings. The van der Waals surface area contributed by atoms with Crippen LogP contribution in [0.15, 0.2) is 54.1 Å². The number of carboxylic acid groups (broad SMARTS) is 1. The van der Waals surface area contributed by atoms with Gasteiger partial charge in [-0.25, -0.2) is 12.8 Å². The predicted octanol–water partition coefficient (Wildman–Crippen LogP) is 4.25. The zero-order valence-corrected chi connectivity index (χ0v) is 16.0. The molecule has 0 heterocycles. The van der Waals surface area contributed by atoms with Crippen LogP contribution in [-0.4, -0.2) is 25.7 Å². The van der Waals surface area contributed by atoms with Gasteiger partial charge in [-0.05, 0) is 53.8 Å². The summed E-state index contributed by atoms with van der Waals surface area (Å²) >= 11 is 0. The topological polar surface area (TPSA) is 71.4 Å². The smallest absolute Gasteiger partial charge is 0.310 e. The Morgan fingerprint density at radius 3 is 2.26 bits per heavy atom. The molecular weight excluding hydrogens is 367 g/mol. The molecule has 1 aliphatic rings. The van der Waals surface area contributed by atoms with Gasteiger partial charge in [0, 0.05) is 11.8 Å². The molecule has 3 rings (SSSR count). The Bertz CT molecular complexity index is 1100. The van der Waals surface area contributed by atoms with Crippen LogP contribution in [0.5, 0.6) is 0 Å². The maximum atomic E-state index is 13.9. The van der Waals surface area contributed by atoms with Crippen molar-refractivity contribution in [1.82, 2.24) is 0 Å². The highest BCUT2D eigenvalue weighted by Gasteiger charge is 2.34. The van der Waals surface area contributed by atoms with E-state index in [1.807, 2.05) is 0 Å². The maximum absolute atomic E-state index is 13.9. The van der Waals surface area contributed by atoms with Gasteiger partial charge in [0.15, 0.2) is 9.84 Å². The average molecular weight is 386 g/mol. The van der Waals surface area contributed by atoms with E-state index in [1.165, 1.54) is 25.1 Å². The second kappa shape index (κ2) is 6.78. The number of rotatable bonds is 4. The minimum absolute atomic E-state index is 0.112. The molecule has 0 amide bonds. The maximum Gasteiger partial charge on any atom is 0.310 e. The van der Waals surface area contributed by atoms with Crippen molar-refractivity contribution < 1.29 is 22.7 Å². The van der Waals surface area contributed by atoms with Crippen LogP contribution in [0.25, 0.3) is 16.1 Å². The lowest BCUT2D eigenvalue weighted by Crippen LogP contribution is -2.11. The van der Waals surface area contributed by atoms with Crippen molar-refractivity contribution in [3.05, 3.63) is 76.6 Å². The van der Waals surface area contributed by atoms with E-state index in [2.05, 4.69) is 0 Å². The molecule has 6 heteroatoms. The normalized spacial score (nSPS) is 16.9. The molecule has 0 bridgehead atoms. The van der Waals surface area contributed by atoms with Crippen LogP contribution in [0.3, 0.4) is 0 Å². The van der Waals surface area contributed by atoms with Crippen LogP contribution in [0.2, 0.25) is 0 Å². The number of carboxylic acids is 1. The number of allylic oxidation sites excluding steroid dienone is 2. The second-order valence-electron chi connectivity index (χ2n) is 6.63. The molecule has 0 spiro atoms. The van der Waals surface area contributed by atoms with Crippen molar-refractivity contribution >= 4 is 31.9 Å². The van der Waals surface area contributed by atoms with Gasteiger partial charge in [0.2, 0.25) is 0 Å². The van der Waals surface area contributed by atoms with Crippen molar-refractivity contribution in [3.8, 4) is 0 Å². The van der Waals surface area contributed by atoms with E-state index in [0.717, 1.165) is 6.26 Å². The third kappa shape index (κ3) is 3.32. The minimum Gasteiger partial charge on any atom is -0.481 e. The molecule has 2 aromatic rings. The predicted molar refractivity (Wildman–Crippen MR) is 104 cm³/mol. The lowest BCUT2D eigenvalue weighted by Gasteiger charge is -2.13. The first-order valence-electron chi connectivity index (χ1n) is 8.37. The van der Waals surface area contributed by atoms with Crippen molar-refractivity contribution in [2.75, 3.05) is 6.26 Å². The molecule has 0 aromatic heterocycles. The van der Waals surface area contributed by atoms with Crippen LogP contribution in [-0.2, 0) is 14.6 Å². The number of fused-ring (bicyclic) bond motifs is 1. The van der Waals surface area contributed by atoms with Gasteiger partial charge < -0.3 is 5.11 Å². The molecule has 1 aliphatic carbocycles. The molecule has 1 atom stereocenters. The zero-order chi connectivity index (χ0) is 19.9. The van der Waals surface area contributed by atoms with Crippen molar-refractivity contribution in [2.24, 2.45) is 5.92 Å². The lowest BCUT2D eigenvalue weighted by molar-refractivity contribution is -0.139. The van der Waals surface area contributed by atoms with Crippen LogP contribution in [0, 0.1) is 11.7 Å². The summed E-state index contributed by atoms with van der Waals surface area (Å²) in [6, 6.07) is 12.7. The van der Waals surface area contributed by atoms with Crippen LogP contribution >= 0.6 is 0 Å². The monoisotopic (exact) mass is 386 g/mol. The fraction of sp³-hybridized carbons (Fsp3) is 0.190. The Hall–Kier alpha value is -2.73. The van der Waals surface area contributed by atoms with Gasteiger partial charge in [0.05, 0.1) is 10.8 Å². The summed E-state index contributed by atoms with van der Waals surface area (Å²) in [5.41, 5.74) is 2.87. The molecular formula is C21H19FO4S. The van der Waals surface area contributed by atoms with E-state index in [-0.39, 0.29) is 4.91 Å². The van der Waals surface area contributed by atoms with Crippen molar-refractivity contribution in [2.45, 2.75) is 13.8 Å². The van der Waals surface area contributed by atoms with Crippen molar-refractivity contribution in [1.29, 1.82) is 0 Å². The first kappa shape index (κ1) is 19.0. The molecule has 1 unspecified atom stereocenters. The summed E-state index contributed by atoms with van der Waals surface area (Å²) < 4.78 is 39.3. The fourth-order valence-corrected chi connectivity index (χ4v) is 4.80. The number of aliphatic carboxylic acids is 1. The molecule has 0 saturated carbocycles. The average Bonchev–Trinajstić information content (AvgIpc) is 2.86. The van der Waals surface area contributed by atoms with Gasteiger partial charge in [-0.15, -0.1) is 0 Å². The Kier molecular flexibility index (Phi) is 4.78. The Balaban J connectivity index is 2.47. The van der Waals surface area contributed by atoms with Crippen LogP contribution in [0.4, 0.5) is 4.39 Å². The van der Waals surface area contributed by atoms with E-state index < -0.39 is 27.5 Å². The van der Waals surface area contributed by atoms with Crippen LogP contribution < -0.4 is 0 Å². The third-order valence-electron chi connectivity index (χ3n) is 4.76. The highest BCUT2D eigenvalue weighted by atomic mass is 32.2. The summed E-state index contributed by atoms with van der Waals surface area (Å²) in [6.07, 6.45) is 1.12. The number of carbonyl (C=O) groups is 1. The van der Waals surface area contributed by atoms with E-state index in [1.54, 1.807) is 37.3 Å². The first-order chi connectivity index (χ1) is 12.6. The quantitative estimate of drug-likeness (QED) is 0.853. The number of hydrogen-bond acceptors (Lipinski definition) is 3. The standard InChI is InChI=1S/C21H19FO4S/c1-12-18(13(2)21(23)24)17-11-15(22)9-10-16(17)19(12)20(27(3,25)26)14-7-5-4-6-8-14/h4-11,13H,1-3H3,(H,23,24). The number of hydrogen-bond donors (Lipinski definition) is 1. The Labute approximate surface area is 157 Å². The number of benzene rings is 2. The summed E-state index contributed by atoms with van der Waals surface area (Å²) in [4.78, 5) is 11.7. The van der Waals surface area contributed by atoms with Crippen molar-refractivity contribution in [3.63, 3.8) is 0 Å².